The van der Waals surface area contributed by atoms with Gasteiger partial charge < -0.3 is 10.8 Å². The van der Waals surface area contributed by atoms with Gasteiger partial charge in [-0.25, -0.2) is 0 Å². The zero-order chi connectivity index (χ0) is 8.82. The van der Waals surface area contributed by atoms with Crippen molar-refractivity contribution in [3.63, 3.8) is 0 Å². The lowest BCUT2D eigenvalue weighted by molar-refractivity contribution is -0.00874. The number of nitrogens with two attached hydrogens (primary N) is 1. The maximum atomic E-state index is 10.1. The van der Waals surface area contributed by atoms with Crippen molar-refractivity contribution in [3.05, 3.63) is 0 Å². The van der Waals surface area contributed by atoms with Crippen LogP contribution in [0.3, 0.4) is 0 Å². The predicted octanol–water partition coefficient (Wildman–Crippen LogP) is 1.28. The molecule has 0 bridgehead atoms. The SMILES string of the molecule is CC1(O)CCCC1C1(CN)CC1. The van der Waals surface area contributed by atoms with Crippen LogP contribution in [0, 0.1) is 11.3 Å². The first-order valence-corrected chi connectivity index (χ1v) is 5.03. The molecule has 2 fully saturated rings. The molecule has 0 aliphatic heterocycles. The van der Waals surface area contributed by atoms with Gasteiger partial charge in [0.1, 0.15) is 0 Å². The molecule has 70 valence electrons. The molecule has 3 N–H and O–H groups in total. The molecule has 2 saturated carbocycles. The zero-order valence-electron chi connectivity index (χ0n) is 7.84. The van der Waals surface area contributed by atoms with Gasteiger partial charge in [-0.05, 0) is 50.5 Å². The summed E-state index contributed by atoms with van der Waals surface area (Å²) in [5.41, 5.74) is 5.67. The van der Waals surface area contributed by atoms with Crippen LogP contribution in [0.2, 0.25) is 0 Å². The smallest absolute Gasteiger partial charge is 0.0653 e. The average molecular weight is 169 g/mol. The molecular weight excluding hydrogens is 150 g/mol. The Hall–Kier alpha value is -0.0800. The first-order valence-electron chi connectivity index (χ1n) is 5.03. The summed E-state index contributed by atoms with van der Waals surface area (Å²) in [7, 11) is 0. The standard InChI is InChI=1S/C10H19NO/c1-9(12)4-2-3-8(9)10(7-11)5-6-10/h8,12H,2-7,11H2,1H3. The van der Waals surface area contributed by atoms with Crippen molar-refractivity contribution in [2.45, 2.75) is 44.6 Å². The molecule has 0 amide bonds. The highest BCUT2D eigenvalue weighted by Crippen LogP contribution is 2.59. The molecule has 2 nitrogen and oxygen atoms in total. The second kappa shape index (κ2) is 2.46. The van der Waals surface area contributed by atoms with Gasteiger partial charge in [0.25, 0.3) is 0 Å². The Morgan fingerprint density at radius 3 is 2.42 bits per heavy atom. The molecule has 12 heavy (non-hydrogen) atoms. The van der Waals surface area contributed by atoms with Crippen LogP contribution in [0.25, 0.3) is 0 Å². The molecular formula is C10H19NO. The highest BCUT2D eigenvalue weighted by molar-refractivity contribution is 5.07. The third-order valence-corrected chi connectivity index (χ3v) is 3.96. The Balaban J connectivity index is 2.13. The zero-order valence-corrected chi connectivity index (χ0v) is 7.84. The van der Waals surface area contributed by atoms with Gasteiger partial charge in [-0.15, -0.1) is 0 Å². The van der Waals surface area contributed by atoms with Gasteiger partial charge in [-0.3, -0.25) is 0 Å². The second-order valence-corrected chi connectivity index (χ2v) is 4.87. The molecule has 2 unspecified atom stereocenters. The van der Waals surface area contributed by atoms with E-state index in [0.717, 1.165) is 13.0 Å². The van der Waals surface area contributed by atoms with Crippen LogP contribution in [0.5, 0.6) is 0 Å². The lowest BCUT2D eigenvalue weighted by Gasteiger charge is -2.32. The number of hydrogen-bond donors (Lipinski definition) is 2. The van der Waals surface area contributed by atoms with Gasteiger partial charge in [0, 0.05) is 0 Å². The molecule has 0 radical (unpaired) electrons. The molecule has 0 saturated heterocycles. The van der Waals surface area contributed by atoms with E-state index in [1.165, 1.54) is 25.7 Å². The maximum Gasteiger partial charge on any atom is 0.0653 e. The van der Waals surface area contributed by atoms with Crippen LogP contribution in [0.15, 0.2) is 0 Å². The lowest BCUT2D eigenvalue weighted by atomic mass is 9.79. The third-order valence-electron chi connectivity index (χ3n) is 3.96. The summed E-state index contributed by atoms with van der Waals surface area (Å²) in [5.74, 6) is 0.481. The molecule has 2 aliphatic carbocycles. The molecule has 2 aliphatic rings. The third kappa shape index (κ3) is 1.09. The van der Waals surface area contributed by atoms with Crippen LogP contribution in [0.1, 0.15) is 39.0 Å². The Labute approximate surface area is 74.1 Å². The molecule has 2 rings (SSSR count). The van der Waals surface area contributed by atoms with Crippen LogP contribution in [0.4, 0.5) is 0 Å². The van der Waals surface area contributed by atoms with E-state index in [0.29, 0.717) is 11.3 Å². The molecule has 0 aromatic heterocycles. The highest BCUT2D eigenvalue weighted by atomic mass is 16.3. The van der Waals surface area contributed by atoms with Gasteiger partial charge in [-0.1, -0.05) is 6.42 Å². The molecule has 0 spiro atoms. The van der Waals surface area contributed by atoms with Crippen molar-refractivity contribution < 1.29 is 5.11 Å². The summed E-state index contributed by atoms with van der Waals surface area (Å²) in [5, 5.41) is 10.1. The van der Waals surface area contributed by atoms with Gasteiger partial charge in [-0.2, -0.15) is 0 Å². The average Bonchev–Trinajstić information content (AvgIpc) is 2.72. The minimum Gasteiger partial charge on any atom is -0.390 e. The number of aliphatic hydroxyl groups is 1. The largest absolute Gasteiger partial charge is 0.390 e. The molecule has 2 atom stereocenters. The van der Waals surface area contributed by atoms with E-state index in [2.05, 4.69) is 0 Å². The lowest BCUT2D eigenvalue weighted by Crippen LogP contribution is -2.38. The fourth-order valence-corrected chi connectivity index (χ4v) is 2.97. The Morgan fingerprint density at radius 2 is 2.08 bits per heavy atom. The summed E-state index contributed by atoms with van der Waals surface area (Å²) in [6.07, 6.45) is 5.82. The van der Waals surface area contributed by atoms with Gasteiger partial charge in [0.15, 0.2) is 0 Å². The van der Waals surface area contributed by atoms with E-state index in [-0.39, 0.29) is 0 Å². The van der Waals surface area contributed by atoms with Crippen molar-refractivity contribution in [1.29, 1.82) is 0 Å². The summed E-state index contributed by atoms with van der Waals surface area (Å²) >= 11 is 0. The van der Waals surface area contributed by atoms with Gasteiger partial charge in [0.2, 0.25) is 0 Å². The van der Waals surface area contributed by atoms with Crippen LogP contribution >= 0.6 is 0 Å². The fourth-order valence-electron chi connectivity index (χ4n) is 2.97. The Kier molecular flexibility index (Phi) is 1.74. The number of rotatable bonds is 2. The van der Waals surface area contributed by atoms with Crippen LogP contribution in [-0.4, -0.2) is 17.3 Å². The highest BCUT2D eigenvalue weighted by Gasteiger charge is 2.55. The van der Waals surface area contributed by atoms with Crippen molar-refractivity contribution in [2.75, 3.05) is 6.54 Å². The van der Waals surface area contributed by atoms with E-state index in [9.17, 15) is 5.11 Å². The summed E-state index contributed by atoms with van der Waals surface area (Å²) in [6, 6.07) is 0. The minimum absolute atomic E-state index is 0.333. The fraction of sp³-hybridized carbons (Fsp3) is 1.00. The molecule has 0 heterocycles. The first-order chi connectivity index (χ1) is 5.61. The monoisotopic (exact) mass is 169 g/mol. The summed E-state index contributed by atoms with van der Waals surface area (Å²) < 4.78 is 0. The Morgan fingerprint density at radius 1 is 1.42 bits per heavy atom. The molecule has 2 heteroatoms. The van der Waals surface area contributed by atoms with Gasteiger partial charge in [0.05, 0.1) is 5.60 Å². The van der Waals surface area contributed by atoms with E-state index in [4.69, 9.17) is 5.73 Å². The molecule has 0 aromatic carbocycles. The second-order valence-electron chi connectivity index (χ2n) is 4.87. The van der Waals surface area contributed by atoms with Crippen molar-refractivity contribution >= 4 is 0 Å². The summed E-state index contributed by atoms with van der Waals surface area (Å²) in [6.45, 7) is 2.76. The van der Waals surface area contributed by atoms with E-state index >= 15 is 0 Å². The van der Waals surface area contributed by atoms with Gasteiger partial charge >= 0.3 is 0 Å². The normalized spacial score (nSPS) is 44.8. The van der Waals surface area contributed by atoms with Crippen molar-refractivity contribution in [2.24, 2.45) is 17.1 Å². The van der Waals surface area contributed by atoms with E-state index < -0.39 is 5.60 Å². The topological polar surface area (TPSA) is 46.2 Å². The molecule has 0 aromatic rings. The van der Waals surface area contributed by atoms with Crippen molar-refractivity contribution in [1.82, 2.24) is 0 Å². The van der Waals surface area contributed by atoms with Crippen LogP contribution in [-0.2, 0) is 0 Å². The van der Waals surface area contributed by atoms with E-state index in [1.54, 1.807) is 0 Å². The quantitative estimate of drug-likeness (QED) is 0.654. The number of hydrogen-bond acceptors (Lipinski definition) is 2. The van der Waals surface area contributed by atoms with Crippen LogP contribution < -0.4 is 5.73 Å². The first kappa shape index (κ1) is 8.52. The van der Waals surface area contributed by atoms with Crippen molar-refractivity contribution in [3.8, 4) is 0 Å². The summed E-state index contributed by atoms with van der Waals surface area (Å²) in [4.78, 5) is 0. The van der Waals surface area contributed by atoms with E-state index in [1.807, 2.05) is 6.92 Å². The Bertz CT molecular complexity index is 184. The maximum absolute atomic E-state index is 10.1. The predicted molar refractivity (Wildman–Crippen MR) is 48.7 cm³/mol. The minimum atomic E-state index is -0.421.